The topological polar surface area (TPSA) is 64.7 Å². The minimum atomic E-state index is -0.171. The fourth-order valence-electron chi connectivity index (χ4n) is 3.59. The highest BCUT2D eigenvalue weighted by molar-refractivity contribution is 6.02. The van der Waals surface area contributed by atoms with Crippen molar-refractivity contribution in [1.82, 2.24) is 19.6 Å². The average Bonchev–Trinajstić information content (AvgIpc) is 3.38. The van der Waals surface area contributed by atoms with E-state index in [-0.39, 0.29) is 5.91 Å². The maximum absolute atomic E-state index is 12.4. The van der Waals surface area contributed by atoms with Crippen LogP contribution in [-0.4, -0.2) is 25.5 Å². The number of benzene rings is 2. The van der Waals surface area contributed by atoms with Gasteiger partial charge in [0.1, 0.15) is 0 Å². The molecule has 1 amide bonds. The van der Waals surface area contributed by atoms with Crippen LogP contribution in [-0.2, 0) is 17.9 Å². The Labute approximate surface area is 188 Å². The van der Waals surface area contributed by atoms with Gasteiger partial charge in [0.25, 0.3) is 0 Å². The van der Waals surface area contributed by atoms with E-state index >= 15 is 0 Å². The zero-order chi connectivity index (χ0) is 22.5. The van der Waals surface area contributed by atoms with Gasteiger partial charge in [-0.05, 0) is 56.2 Å². The van der Waals surface area contributed by atoms with Crippen molar-refractivity contribution < 1.29 is 4.79 Å². The molecule has 0 aliphatic carbocycles. The van der Waals surface area contributed by atoms with Crippen molar-refractivity contribution in [2.45, 2.75) is 33.9 Å². The predicted octanol–water partition coefficient (Wildman–Crippen LogP) is 4.75. The van der Waals surface area contributed by atoms with Crippen LogP contribution >= 0.6 is 0 Å². The minimum Gasteiger partial charge on any atom is -0.323 e. The molecule has 2 aromatic carbocycles. The van der Waals surface area contributed by atoms with E-state index in [1.54, 1.807) is 12.3 Å². The Hall–Kier alpha value is -3.93. The third-order valence-corrected chi connectivity index (χ3v) is 5.42. The molecule has 1 N–H and O–H groups in total. The van der Waals surface area contributed by atoms with Crippen LogP contribution < -0.4 is 5.32 Å². The molecule has 32 heavy (non-hydrogen) atoms. The Morgan fingerprint density at radius 2 is 1.66 bits per heavy atom. The van der Waals surface area contributed by atoms with Gasteiger partial charge in [-0.2, -0.15) is 10.2 Å². The Bertz CT molecular complexity index is 1220. The second-order valence-electron chi connectivity index (χ2n) is 7.95. The largest absolute Gasteiger partial charge is 0.323 e. The Morgan fingerprint density at radius 3 is 2.34 bits per heavy atom. The highest BCUT2D eigenvalue weighted by Crippen LogP contribution is 2.17. The molecule has 4 aromatic rings. The van der Waals surface area contributed by atoms with Gasteiger partial charge in [0.2, 0.25) is 5.91 Å². The number of hydrogen-bond donors (Lipinski definition) is 1. The summed E-state index contributed by atoms with van der Waals surface area (Å²) in [6, 6.07) is 18.1. The van der Waals surface area contributed by atoms with Crippen LogP contribution in [0.25, 0.3) is 6.08 Å². The normalized spacial score (nSPS) is 11.2. The molecule has 0 fully saturated rings. The molecule has 4 rings (SSSR count). The van der Waals surface area contributed by atoms with Crippen LogP contribution in [0.4, 0.5) is 5.69 Å². The van der Waals surface area contributed by atoms with Crippen molar-refractivity contribution >= 4 is 17.7 Å². The molecular weight excluding hydrogens is 398 g/mol. The van der Waals surface area contributed by atoms with Gasteiger partial charge in [0, 0.05) is 35.4 Å². The number of aryl methyl sites for hydroxylation is 2. The summed E-state index contributed by atoms with van der Waals surface area (Å²) in [7, 11) is 0. The third-order valence-electron chi connectivity index (χ3n) is 5.42. The van der Waals surface area contributed by atoms with E-state index in [0.29, 0.717) is 13.1 Å². The van der Waals surface area contributed by atoms with E-state index in [9.17, 15) is 4.79 Å². The molecule has 2 aromatic heterocycles. The summed E-state index contributed by atoms with van der Waals surface area (Å²) in [5.41, 5.74) is 7.23. The lowest BCUT2D eigenvalue weighted by Gasteiger charge is -2.06. The lowest BCUT2D eigenvalue weighted by molar-refractivity contribution is -0.111. The second kappa shape index (κ2) is 9.47. The van der Waals surface area contributed by atoms with Gasteiger partial charge in [-0.1, -0.05) is 42.0 Å². The van der Waals surface area contributed by atoms with Gasteiger partial charge >= 0.3 is 0 Å². The van der Waals surface area contributed by atoms with Crippen molar-refractivity contribution in [2.24, 2.45) is 0 Å². The lowest BCUT2D eigenvalue weighted by Crippen LogP contribution is -2.08. The maximum atomic E-state index is 12.4. The first-order valence-corrected chi connectivity index (χ1v) is 10.6. The van der Waals surface area contributed by atoms with Crippen LogP contribution in [0.15, 0.2) is 73.1 Å². The fourth-order valence-corrected chi connectivity index (χ4v) is 3.59. The number of nitrogens with zero attached hydrogens (tertiary/aromatic N) is 4. The number of nitrogens with one attached hydrogen (secondary N) is 1. The van der Waals surface area contributed by atoms with Crippen LogP contribution in [0.1, 0.15) is 33.6 Å². The van der Waals surface area contributed by atoms with Crippen molar-refractivity contribution in [1.29, 1.82) is 0 Å². The van der Waals surface area contributed by atoms with Gasteiger partial charge < -0.3 is 5.32 Å². The zero-order valence-electron chi connectivity index (χ0n) is 18.6. The van der Waals surface area contributed by atoms with Gasteiger partial charge in [-0.3, -0.25) is 14.2 Å². The Balaban J connectivity index is 1.39. The molecule has 0 saturated carbocycles. The Kier molecular flexibility index (Phi) is 6.31. The standard InChI is InChI=1S/C26H27N5O/c1-19-5-7-23(8-6-19)18-31-21(3)25(20(2)29-31)13-14-26(32)28-24-11-9-22(10-12-24)17-30-16-4-15-27-30/h4-16H,17-18H2,1-3H3,(H,28,32). The molecular formula is C26H27N5O. The van der Waals surface area contributed by atoms with E-state index < -0.39 is 0 Å². The second-order valence-corrected chi connectivity index (χ2v) is 7.95. The van der Waals surface area contributed by atoms with E-state index in [1.807, 2.05) is 65.8 Å². The summed E-state index contributed by atoms with van der Waals surface area (Å²) >= 11 is 0. The van der Waals surface area contributed by atoms with Crippen LogP contribution in [0.5, 0.6) is 0 Å². The third kappa shape index (κ3) is 5.21. The first-order valence-electron chi connectivity index (χ1n) is 10.6. The van der Waals surface area contributed by atoms with E-state index in [2.05, 4.69) is 46.7 Å². The summed E-state index contributed by atoms with van der Waals surface area (Å²) < 4.78 is 3.84. The number of amides is 1. The van der Waals surface area contributed by atoms with Gasteiger partial charge in [0.05, 0.1) is 18.8 Å². The van der Waals surface area contributed by atoms with E-state index in [1.165, 1.54) is 11.1 Å². The monoisotopic (exact) mass is 425 g/mol. The number of hydrogen-bond acceptors (Lipinski definition) is 3. The molecule has 0 aliphatic rings. The number of carbonyl (C=O) groups excluding carboxylic acids is 1. The number of carbonyl (C=O) groups is 1. The van der Waals surface area contributed by atoms with Gasteiger partial charge in [0.15, 0.2) is 0 Å². The van der Waals surface area contributed by atoms with Crippen molar-refractivity contribution in [2.75, 3.05) is 5.32 Å². The molecule has 0 bridgehead atoms. The molecule has 0 spiro atoms. The molecule has 0 saturated heterocycles. The molecule has 6 nitrogen and oxygen atoms in total. The lowest BCUT2D eigenvalue weighted by atomic mass is 10.1. The van der Waals surface area contributed by atoms with Gasteiger partial charge in [-0.15, -0.1) is 0 Å². The van der Waals surface area contributed by atoms with Crippen molar-refractivity contribution in [3.63, 3.8) is 0 Å². The summed E-state index contributed by atoms with van der Waals surface area (Å²) in [5, 5.41) is 11.8. The average molecular weight is 426 g/mol. The molecule has 6 heteroatoms. The molecule has 0 aliphatic heterocycles. The first-order chi connectivity index (χ1) is 15.5. The molecule has 0 radical (unpaired) electrons. The van der Waals surface area contributed by atoms with Crippen LogP contribution in [0, 0.1) is 20.8 Å². The number of aromatic nitrogens is 4. The van der Waals surface area contributed by atoms with Crippen molar-refractivity contribution in [3.05, 3.63) is 107 Å². The van der Waals surface area contributed by atoms with Crippen molar-refractivity contribution in [3.8, 4) is 0 Å². The quantitative estimate of drug-likeness (QED) is 0.435. The van der Waals surface area contributed by atoms with Crippen LogP contribution in [0.2, 0.25) is 0 Å². The highest BCUT2D eigenvalue weighted by atomic mass is 16.1. The predicted molar refractivity (Wildman–Crippen MR) is 127 cm³/mol. The summed E-state index contributed by atoms with van der Waals surface area (Å²) in [6.45, 7) is 7.49. The Morgan fingerprint density at radius 1 is 0.969 bits per heavy atom. The first kappa shape index (κ1) is 21.3. The van der Waals surface area contributed by atoms with Gasteiger partial charge in [-0.25, -0.2) is 0 Å². The molecule has 2 heterocycles. The number of rotatable bonds is 7. The SMILES string of the molecule is Cc1ccc(Cn2nc(C)c(C=CC(=O)Nc3ccc(Cn4cccn4)cc3)c2C)cc1. The minimum absolute atomic E-state index is 0.171. The summed E-state index contributed by atoms with van der Waals surface area (Å²) in [6.07, 6.45) is 7.08. The van der Waals surface area contributed by atoms with E-state index in [4.69, 9.17) is 0 Å². The van der Waals surface area contributed by atoms with E-state index in [0.717, 1.165) is 28.2 Å². The molecule has 162 valence electrons. The zero-order valence-corrected chi connectivity index (χ0v) is 18.6. The summed E-state index contributed by atoms with van der Waals surface area (Å²) in [5.74, 6) is -0.171. The molecule has 0 unspecified atom stereocenters. The fraction of sp³-hybridized carbons (Fsp3) is 0.192. The maximum Gasteiger partial charge on any atom is 0.248 e. The van der Waals surface area contributed by atoms with Crippen LogP contribution in [0.3, 0.4) is 0 Å². The smallest absolute Gasteiger partial charge is 0.248 e. The highest BCUT2D eigenvalue weighted by Gasteiger charge is 2.10. The molecule has 0 atom stereocenters. The summed E-state index contributed by atoms with van der Waals surface area (Å²) in [4.78, 5) is 12.4. The number of anilines is 1.